The van der Waals surface area contributed by atoms with Gasteiger partial charge in [-0.25, -0.2) is 0 Å². The summed E-state index contributed by atoms with van der Waals surface area (Å²) in [7, 11) is 1.59. The maximum absolute atomic E-state index is 12.7. The molecule has 0 bridgehead atoms. The summed E-state index contributed by atoms with van der Waals surface area (Å²) < 4.78 is 5.34. The van der Waals surface area contributed by atoms with Crippen LogP contribution in [0.4, 0.5) is 0 Å². The molecule has 0 radical (unpaired) electrons. The van der Waals surface area contributed by atoms with Gasteiger partial charge >= 0.3 is 0 Å². The lowest BCUT2D eigenvalue weighted by Gasteiger charge is -2.38. The normalized spacial score (nSPS) is 30.9. The number of nitrogens with zero attached hydrogens (tertiary/aromatic N) is 1. The SMILES string of the molecule is CCC1CCNC(C(=O)N2CCOCC2C(=O)NC)C1. The Kier molecular flexibility index (Phi) is 5.37. The number of carbonyl (C=O) groups is 2. The summed E-state index contributed by atoms with van der Waals surface area (Å²) in [6, 6.07) is -0.649. The third kappa shape index (κ3) is 3.30. The summed E-state index contributed by atoms with van der Waals surface area (Å²) in [5.41, 5.74) is 0. The second-order valence-corrected chi connectivity index (χ2v) is 5.54. The van der Waals surface area contributed by atoms with E-state index in [4.69, 9.17) is 4.74 Å². The van der Waals surface area contributed by atoms with Crippen LogP contribution in [-0.2, 0) is 14.3 Å². The first kappa shape index (κ1) is 15.3. The molecule has 6 nitrogen and oxygen atoms in total. The number of nitrogens with one attached hydrogen (secondary N) is 2. The molecule has 3 atom stereocenters. The molecular weight excluding hydrogens is 258 g/mol. The second-order valence-electron chi connectivity index (χ2n) is 5.54. The van der Waals surface area contributed by atoms with Crippen molar-refractivity contribution in [2.45, 2.75) is 38.3 Å². The molecule has 0 aliphatic carbocycles. The van der Waals surface area contributed by atoms with E-state index in [0.717, 1.165) is 25.8 Å². The Labute approximate surface area is 120 Å². The molecule has 2 amide bonds. The van der Waals surface area contributed by atoms with Crippen molar-refractivity contribution in [3.63, 3.8) is 0 Å². The van der Waals surface area contributed by atoms with Gasteiger partial charge in [-0.3, -0.25) is 9.59 Å². The highest BCUT2D eigenvalue weighted by atomic mass is 16.5. The van der Waals surface area contributed by atoms with Crippen molar-refractivity contribution >= 4 is 11.8 Å². The Morgan fingerprint density at radius 1 is 1.45 bits per heavy atom. The predicted molar refractivity (Wildman–Crippen MR) is 75.2 cm³/mol. The lowest BCUT2D eigenvalue weighted by molar-refractivity contribution is -0.150. The van der Waals surface area contributed by atoms with Gasteiger partial charge < -0.3 is 20.3 Å². The topological polar surface area (TPSA) is 70.7 Å². The standard InChI is InChI=1S/C14H25N3O3/c1-3-10-4-5-16-11(8-10)14(19)17-6-7-20-9-12(17)13(18)15-2/h10-12,16H,3-9H2,1-2H3,(H,15,18). The minimum absolute atomic E-state index is 0.0417. The smallest absolute Gasteiger partial charge is 0.244 e. The van der Waals surface area contributed by atoms with Gasteiger partial charge in [-0.15, -0.1) is 0 Å². The van der Waals surface area contributed by atoms with E-state index in [9.17, 15) is 9.59 Å². The summed E-state index contributed by atoms with van der Waals surface area (Å²) in [6.07, 6.45) is 3.10. The van der Waals surface area contributed by atoms with Gasteiger partial charge in [0.15, 0.2) is 0 Å². The number of morpholine rings is 1. The maximum atomic E-state index is 12.7. The fraction of sp³-hybridized carbons (Fsp3) is 0.857. The Balaban J connectivity index is 2.03. The van der Waals surface area contributed by atoms with Crippen LogP contribution in [0.1, 0.15) is 26.2 Å². The minimum atomic E-state index is -0.495. The number of carbonyl (C=O) groups excluding carboxylic acids is 2. The van der Waals surface area contributed by atoms with E-state index in [1.165, 1.54) is 0 Å². The van der Waals surface area contributed by atoms with Gasteiger partial charge in [0.05, 0.1) is 19.3 Å². The maximum Gasteiger partial charge on any atom is 0.244 e. The summed E-state index contributed by atoms with van der Waals surface area (Å²) in [5.74, 6) is 0.491. The molecule has 2 fully saturated rings. The molecule has 0 saturated carbocycles. The van der Waals surface area contributed by atoms with Crippen LogP contribution >= 0.6 is 0 Å². The fourth-order valence-corrected chi connectivity index (χ4v) is 3.01. The molecule has 2 rings (SSSR count). The number of rotatable bonds is 3. The van der Waals surface area contributed by atoms with Gasteiger partial charge in [0.25, 0.3) is 0 Å². The molecule has 6 heteroatoms. The molecule has 0 aromatic heterocycles. The zero-order chi connectivity index (χ0) is 14.5. The molecule has 0 aromatic rings. The van der Waals surface area contributed by atoms with Crippen LogP contribution in [0.5, 0.6) is 0 Å². The number of amides is 2. The Hall–Kier alpha value is -1.14. The molecule has 0 aromatic carbocycles. The van der Waals surface area contributed by atoms with E-state index in [-0.39, 0.29) is 24.5 Å². The van der Waals surface area contributed by atoms with E-state index in [2.05, 4.69) is 17.6 Å². The molecule has 3 unspecified atom stereocenters. The van der Waals surface area contributed by atoms with E-state index >= 15 is 0 Å². The van der Waals surface area contributed by atoms with Crippen LogP contribution in [0, 0.1) is 5.92 Å². The van der Waals surface area contributed by atoms with Crippen molar-refractivity contribution in [1.82, 2.24) is 15.5 Å². The van der Waals surface area contributed by atoms with Crippen molar-refractivity contribution < 1.29 is 14.3 Å². The molecule has 2 aliphatic rings. The first-order chi connectivity index (χ1) is 9.67. The number of piperidine rings is 1. The van der Waals surface area contributed by atoms with Crippen molar-refractivity contribution in [3.8, 4) is 0 Å². The summed E-state index contributed by atoms with van der Waals surface area (Å²) in [6.45, 7) is 4.33. The lowest BCUT2D eigenvalue weighted by atomic mass is 9.89. The molecule has 114 valence electrons. The van der Waals surface area contributed by atoms with Crippen LogP contribution in [0.2, 0.25) is 0 Å². The average molecular weight is 283 g/mol. The predicted octanol–water partition coefficient (Wildman–Crippen LogP) is -0.262. The molecular formula is C14H25N3O3. The summed E-state index contributed by atoms with van der Waals surface area (Å²) in [4.78, 5) is 26.2. The molecule has 0 spiro atoms. The van der Waals surface area contributed by atoms with E-state index < -0.39 is 6.04 Å². The van der Waals surface area contributed by atoms with E-state index in [1.807, 2.05) is 0 Å². The van der Waals surface area contributed by atoms with Crippen LogP contribution in [0.3, 0.4) is 0 Å². The average Bonchev–Trinajstić information content (AvgIpc) is 2.53. The van der Waals surface area contributed by atoms with Gasteiger partial charge in [0.1, 0.15) is 6.04 Å². The van der Waals surface area contributed by atoms with Gasteiger partial charge in [0.2, 0.25) is 11.8 Å². The van der Waals surface area contributed by atoms with E-state index in [0.29, 0.717) is 19.1 Å². The van der Waals surface area contributed by atoms with Crippen LogP contribution in [-0.4, -0.2) is 62.1 Å². The van der Waals surface area contributed by atoms with Crippen LogP contribution < -0.4 is 10.6 Å². The molecule has 2 N–H and O–H groups in total. The number of ether oxygens (including phenoxy) is 1. The quantitative estimate of drug-likeness (QED) is 0.748. The largest absolute Gasteiger partial charge is 0.377 e. The van der Waals surface area contributed by atoms with E-state index in [1.54, 1.807) is 11.9 Å². The first-order valence-electron chi connectivity index (χ1n) is 7.50. The van der Waals surface area contributed by atoms with Crippen molar-refractivity contribution in [1.29, 1.82) is 0 Å². The highest BCUT2D eigenvalue weighted by Crippen LogP contribution is 2.21. The second kappa shape index (κ2) is 7.04. The zero-order valence-electron chi connectivity index (χ0n) is 12.4. The Bertz CT molecular complexity index is 362. The lowest BCUT2D eigenvalue weighted by Crippen LogP contribution is -2.60. The van der Waals surface area contributed by atoms with Gasteiger partial charge in [0, 0.05) is 13.6 Å². The third-order valence-electron chi connectivity index (χ3n) is 4.35. The highest BCUT2D eigenvalue weighted by molar-refractivity contribution is 5.90. The molecule has 2 saturated heterocycles. The van der Waals surface area contributed by atoms with Crippen molar-refractivity contribution in [2.75, 3.05) is 33.4 Å². The molecule has 2 aliphatic heterocycles. The van der Waals surface area contributed by atoms with Gasteiger partial charge in [-0.2, -0.15) is 0 Å². The molecule has 2 heterocycles. The molecule has 20 heavy (non-hydrogen) atoms. The van der Waals surface area contributed by atoms with Crippen molar-refractivity contribution in [3.05, 3.63) is 0 Å². The zero-order valence-corrected chi connectivity index (χ0v) is 12.4. The summed E-state index contributed by atoms with van der Waals surface area (Å²) in [5, 5.41) is 5.90. The fourth-order valence-electron chi connectivity index (χ4n) is 3.01. The highest BCUT2D eigenvalue weighted by Gasteiger charge is 2.37. The summed E-state index contributed by atoms with van der Waals surface area (Å²) >= 11 is 0. The van der Waals surface area contributed by atoms with Gasteiger partial charge in [-0.05, 0) is 25.3 Å². The Morgan fingerprint density at radius 2 is 2.25 bits per heavy atom. The number of hydrogen-bond donors (Lipinski definition) is 2. The monoisotopic (exact) mass is 283 g/mol. The van der Waals surface area contributed by atoms with Crippen LogP contribution in [0.25, 0.3) is 0 Å². The number of hydrogen-bond acceptors (Lipinski definition) is 4. The van der Waals surface area contributed by atoms with Crippen LogP contribution in [0.15, 0.2) is 0 Å². The van der Waals surface area contributed by atoms with Gasteiger partial charge in [-0.1, -0.05) is 13.3 Å². The third-order valence-corrected chi connectivity index (χ3v) is 4.35. The van der Waals surface area contributed by atoms with Crippen molar-refractivity contribution in [2.24, 2.45) is 5.92 Å². The minimum Gasteiger partial charge on any atom is -0.377 e. The first-order valence-corrected chi connectivity index (χ1v) is 7.50. The Morgan fingerprint density at radius 3 is 2.95 bits per heavy atom. The number of likely N-dealkylation sites (N-methyl/N-ethyl adjacent to an activating group) is 1.